The van der Waals surface area contributed by atoms with E-state index in [1.165, 1.54) is 4.90 Å². The Morgan fingerprint density at radius 1 is 0.758 bits per heavy atom. The summed E-state index contributed by atoms with van der Waals surface area (Å²) >= 11 is 0. The summed E-state index contributed by atoms with van der Waals surface area (Å²) in [5, 5.41) is 3.19. The number of methoxy groups -OCH3 is 2. The van der Waals surface area contributed by atoms with Crippen LogP contribution in [-0.4, -0.2) is 26.0 Å². The maximum Gasteiger partial charge on any atom is 0.282 e. The van der Waals surface area contributed by atoms with E-state index >= 15 is 0 Å². The van der Waals surface area contributed by atoms with E-state index in [9.17, 15) is 9.59 Å². The molecule has 0 unspecified atom stereocenters. The van der Waals surface area contributed by atoms with Crippen molar-refractivity contribution in [3.63, 3.8) is 0 Å². The molecule has 0 saturated heterocycles. The van der Waals surface area contributed by atoms with Crippen molar-refractivity contribution in [2.45, 2.75) is 20.8 Å². The molecule has 6 nitrogen and oxygen atoms in total. The first-order chi connectivity index (χ1) is 15.8. The van der Waals surface area contributed by atoms with E-state index in [-0.39, 0.29) is 11.3 Å². The van der Waals surface area contributed by atoms with E-state index in [0.717, 1.165) is 16.7 Å². The summed E-state index contributed by atoms with van der Waals surface area (Å²) in [6.07, 6.45) is 0. The van der Waals surface area contributed by atoms with Gasteiger partial charge in [0.05, 0.1) is 31.2 Å². The second-order valence-corrected chi connectivity index (χ2v) is 7.99. The van der Waals surface area contributed by atoms with Crippen LogP contribution in [0.1, 0.15) is 22.3 Å². The molecule has 0 spiro atoms. The van der Waals surface area contributed by atoms with Crippen molar-refractivity contribution in [1.82, 2.24) is 0 Å². The van der Waals surface area contributed by atoms with Gasteiger partial charge in [0.2, 0.25) is 0 Å². The summed E-state index contributed by atoms with van der Waals surface area (Å²) < 4.78 is 11.0. The molecule has 0 bridgehead atoms. The highest BCUT2D eigenvalue weighted by Crippen LogP contribution is 2.39. The molecule has 0 aliphatic carbocycles. The molecule has 1 aliphatic heterocycles. The second-order valence-electron chi connectivity index (χ2n) is 7.99. The zero-order valence-electron chi connectivity index (χ0n) is 19.4. The summed E-state index contributed by atoms with van der Waals surface area (Å²) in [6.45, 7) is 5.89. The molecule has 1 aliphatic rings. The number of amides is 2. The molecule has 0 atom stereocenters. The van der Waals surface area contributed by atoms with Crippen molar-refractivity contribution in [2.75, 3.05) is 24.4 Å². The second kappa shape index (κ2) is 8.82. The van der Waals surface area contributed by atoms with Gasteiger partial charge in [-0.25, -0.2) is 4.90 Å². The van der Waals surface area contributed by atoms with Crippen molar-refractivity contribution in [3.8, 4) is 11.5 Å². The average Bonchev–Trinajstić information content (AvgIpc) is 3.05. The zero-order valence-corrected chi connectivity index (χ0v) is 19.4. The molecule has 4 rings (SSSR count). The van der Waals surface area contributed by atoms with E-state index in [1.807, 2.05) is 63.2 Å². The lowest BCUT2D eigenvalue weighted by atomic mass is 10.0. The summed E-state index contributed by atoms with van der Waals surface area (Å²) in [4.78, 5) is 28.6. The fourth-order valence-electron chi connectivity index (χ4n) is 3.90. The third-order valence-electron chi connectivity index (χ3n) is 5.82. The quantitative estimate of drug-likeness (QED) is 0.543. The minimum atomic E-state index is -0.437. The minimum absolute atomic E-state index is 0.173. The Balaban J connectivity index is 1.90. The fourth-order valence-corrected chi connectivity index (χ4v) is 3.90. The number of para-hydroxylation sites is 1. The van der Waals surface area contributed by atoms with Crippen LogP contribution in [0.15, 0.2) is 66.4 Å². The molecule has 33 heavy (non-hydrogen) atoms. The van der Waals surface area contributed by atoms with Crippen LogP contribution in [0.25, 0.3) is 5.57 Å². The van der Waals surface area contributed by atoms with E-state index in [0.29, 0.717) is 28.4 Å². The summed E-state index contributed by atoms with van der Waals surface area (Å²) in [7, 11) is 3.10. The molecule has 3 aromatic carbocycles. The van der Waals surface area contributed by atoms with Gasteiger partial charge in [-0.05, 0) is 67.8 Å². The number of ether oxygens (including phenoxy) is 2. The van der Waals surface area contributed by atoms with Gasteiger partial charge < -0.3 is 14.8 Å². The summed E-state index contributed by atoms with van der Waals surface area (Å²) in [5.74, 6) is 0.220. The highest BCUT2D eigenvalue weighted by atomic mass is 16.5. The molecule has 3 aromatic rings. The SMILES string of the molecule is COc1ccc(C)cc1NC1=C(c2ccccc2OC)C(=O)N(c2ccc(C)c(C)c2)C1=O. The Hall–Kier alpha value is -4.06. The molecule has 6 heteroatoms. The first kappa shape index (κ1) is 22.1. The topological polar surface area (TPSA) is 67.9 Å². The number of imide groups is 1. The Labute approximate surface area is 193 Å². The van der Waals surface area contributed by atoms with Gasteiger partial charge in [0.15, 0.2) is 0 Å². The fraction of sp³-hybridized carbons (Fsp3) is 0.185. The highest BCUT2D eigenvalue weighted by Gasteiger charge is 2.41. The van der Waals surface area contributed by atoms with Crippen LogP contribution in [-0.2, 0) is 9.59 Å². The molecule has 1 heterocycles. The number of aryl methyl sites for hydroxylation is 3. The van der Waals surface area contributed by atoms with Crippen molar-refractivity contribution >= 4 is 28.8 Å². The van der Waals surface area contributed by atoms with Gasteiger partial charge in [0.25, 0.3) is 11.8 Å². The van der Waals surface area contributed by atoms with Gasteiger partial charge in [-0.15, -0.1) is 0 Å². The van der Waals surface area contributed by atoms with Crippen molar-refractivity contribution in [1.29, 1.82) is 0 Å². The van der Waals surface area contributed by atoms with Crippen molar-refractivity contribution < 1.29 is 19.1 Å². The van der Waals surface area contributed by atoms with Crippen LogP contribution in [0.3, 0.4) is 0 Å². The Bertz CT molecular complexity index is 1290. The first-order valence-corrected chi connectivity index (χ1v) is 10.6. The third kappa shape index (κ3) is 3.96. The third-order valence-corrected chi connectivity index (χ3v) is 5.82. The van der Waals surface area contributed by atoms with Gasteiger partial charge >= 0.3 is 0 Å². The molecular weight excluding hydrogens is 416 g/mol. The van der Waals surface area contributed by atoms with Crippen LogP contribution in [0.4, 0.5) is 11.4 Å². The van der Waals surface area contributed by atoms with Crippen LogP contribution in [0.2, 0.25) is 0 Å². The van der Waals surface area contributed by atoms with Crippen LogP contribution >= 0.6 is 0 Å². The number of benzene rings is 3. The largest absolute Gasteiger partial charge is 0.496 e. The standard InChI is InChI=1S/C27H26N2O4/c1-16-10-13-23(33-5)21(14-16)28-25-24(20-8-6-7-9-22(20)32-4)26(30)29(27(25)31)19-12-11-17(2)18(3)15-19/h6-15,28H,1-5H3. The summed E-state index contributed by atoms with van der Waals surface area (Å²) in [6, 6.07) is 18.3. The first-order valence-electron chi connectivity index (χ1n) is 10.6. The molecular formula is C27H26N2O4. The van der Waals surface area contributed by atoms with E-state index in [1.54, 1.807) is 32.4 Å². The van der Waals surface area contributed by atoms with Gasteiger partial charge in [-0.1, -0.05) is 30.3 Å². The number of hydrogen-bond acceptors (Lipinski definition) is 5. The number of rotatable bonds is 6. The van der Waals surface area contributed by atoms with E-state index in [4.69, 9.17) is 9.47 Å². The Kier molecular flexibility index (Phi) is 5.92. The Morgan fingerprint density at radius 3 is 2.18 bits per heavy atom. The minimum Gasteiger partial charge on any atom is -0.496 e. The lowest BCUT2D eigenvalue weighted by Gasteiger charge is -2.17. The predicted octanol–water partition coefficient (Wildman–Crippen LogP) is 5.03. The number of nitrogens with one attached hydrogen (secondary N) is 1. The average molecular weight is 443 g/mol. The van der Waals surface area contributed by atoms with Crippen molar-refractivity contribution in [2.24, 2.45) is 0 Å². The molecule has 0 saturated carbocycles. The van der Waals surface area contributed by atoms with Crippen LogP contribution in [0, 0.1) is 20.8 Å². The van der Waals surface area contributed by atoms with Crippen LogP contribution < -0.4 is 19.7 Å². The van der Waals surface area contributed by atoms with Gasteiger partial charge in [-0.3, -0.25) is 9.59 Å². The smallest absolute Gasteiger partial charge is 0.282 e. The number of hydrogen-bond donors (Lipinski definition) is 1. The Morgan fingerprint density at radius 2 is 1.48 bits per heavy atom. The highest BCUT2D eigenvalue weighted by molar-refractivity contribution is 6.46. The van der Waals surface area contributed by atoms with Gasteiger partial charge in [-0.2, -0.15) is 0 Å². The summed E-state index contributed by atoms with van der Waals surface area (Å²) in [5.41, 5.74) is 5.15. The lowest BCUT2D eigenvalue weighted by molar-refractivity contribution is -0.120. The van der Waals surface area contributed by atoms with Gasteiger partial charge in [0, 0.05) is 5.56 Å². The maximum atomic E-state index is 13.7. The molecule has 0 aromatic heterocycles. The van der Waals surface area contributed by atoms with E-state index < -0.39 is 11.8 Å². The molecule has 168 valence electrons. The van der Waals surface area contributed by atoms with Crippen LogP contribution in [0.5, 0.6) is 11.5 Å². The van der Waals surface area contributed by atoms with Crippen molar-refractivity contribution in [3.05, 3.63) is 88.6 Å². The molecule has 0 fully saturated rings. The number of carbonyl (C=O) groups is 2. The number of carbonyl (C=O) groups excluding carboxylic acids is 2. The molecule has 2 amide bonds. The molecule has 0 radical (unpaired) electrons. The predicted molar refractivity (Wildman–Crippen MR) is 130 cm³/mol. The zero-order chi connectivity index (χ0) is 23.7. The number of nitrogens with zero attached hydrogens (tertiary/aromatic N) is 1. The van der Waals surface area contributed by atoms with Gasteiger partial charge in [0.1, 0.15) is 17.2 Å². The molecule has 1 N–H and O–H groups in total. The normalized spacial score (nSPS) is 13.5. The number of anilines is 2. The van der Waals surface area contributed by atoms with E-state index in [2.05, 4.69) is 5.32 Å². The maximum absolute atomic E-state index is 13.7. The monoisotopic (exact) mass is 442 g/mol. The lowest BCUT2D eigenvalue weighted by Crippen LogP contribution is -2.32.